The number of benzene rings is 2. The lowest BCUT2D eigenvalue weighted by atomic mass is 10.00. The standard InChI is InChI=1S/C28H31N5O/c1-18-13-21(9-10-26(18)33-12-11-23(17-33)29-2)22-14-24-25(16-31-27(24)30-15-22)19-5-7-20(8-6-19)28(34)32(3)4/h5-10,13-16,23,29H,11-12,17H2,1-4H3,(H,30,31)/t23-/m0/s1. The van der Waals surface area contributed by atoms with E-state index in [1.807, 2.05) is 43.7 Å². The minimum Gasteiger partial charge on any atom is -0.370 e. The molecule has 2 aromatic carbocycles. The zero-order chi connectivity index (χ0) is 23.8. The summed E-state index contributed by atoms with van der Waals surface area (Å²) >= 11 is 0. The number of pyridine rings is 1. The van der Waals surface area contributed by atoms with Gasteiger partial charge >= 0.3 is 0 Å². The Morgan fingerprint density at radius 1 is 1.09 bits per heavy atom. The van der Waals surface area contributed by atoms with Crippen LogP contribution in [0.25, 0.3) is 33.3 Å². The minimum absolute atomic E-state index is 0.00338. The Kier molecular flexibility index (Phi) is 5.84. The van der Waals surface area contributed by atoms with Crippen molar-refractivity contribution in [1.82, 2.24) is 20.2 Å². The van der Waals surface area contributed by atoms with E-state index in [-0.39, 0.29) is 5.91 Å². The maximum atomic E-state index is 12.2. The quantitative estimate of drug-likeness (QED) is 0.460. The molecule has 0 bridgehead atoms. The van der Waals surface area contributed by atoms with Crippen molar-refractivity contribution in [2.75, 3.05) is 39.1 Å². The van der Waals surface area contributed by atoms with Gasteiger partial charge in [0.15, 0.2) is 0 Å². The highest BCUT2D eigenvalue weighted by atomic mass is 16.2. The van der Waals surface area contributed by atoms with E-state index in [2.05, 4.69) is 51.4 Å². The summed E-state index contributed by atoms with van der Waals surface area (Å²) in [5.74, 6) is 0.00338. The molecule has 1 saturated heterocycles. The average Bonchev–Trinajstić information content (AvgIpc) is 3.50. The normalized spacial score (nSPS) is 15.8. The molecule has 6 nitrogen and oxygen atoms in total. The molecule has 174 valence electrons. The Morgan fingerprint density at radius 2 is 1.85 bits per heavy atom. The molecule has 1 fully saturated rings. The number of aromatic nitrogens is 2. The van der Waals surface area contributed by atoms with E-state index in [0.717, 1.165) is 40.8 Å². The minimum atomic E-state index is 0.00338. The second-order valence-corrected chi connectivity index (χ2v) is 9.32. The number of carbonyl (C=O) groups excluding carboxylic acids is 1. The number of nitrogens with one attached hydrogen (secondary N) is 2. The third-order valence-electron chi connectivity index (χ3n) is 6.85. The molecule has 1 amide bonds. The highest BCUT2D eigenvalue weighted by Crippen LogP contribution is 2.33. The van der Waals surface area contributed by atoms with Crippen molar-refractivity contribution < 1.29 is 4.79 Å². The summed E-state index contributed by atoms with van der Waals surface area (Å²) in [6.07, 6.45) is 5.10. The molecule has 6 heteroatoms. The summed E-state index contributed by atoms with van der Waals surface area (Å²) in [4.78, 5) is 24.3. The molecule has 0 spiro atoms. The molecule has 2 N–H and O–H groups in total. The van der Waals surface area contributed by atoms with Crippen LogP contribution in [0.2, 0.25) is 0 Å². The van der Waals surface area contributed by atoms with E-state index in [1.165, 1.54) is 23.2 Å². The Hall–Kier alpha value is -3.64. The first-order valence-corrected chi connectivity index (χ1v) is 11.8. The fourth-order valence-corrected chi connectivity index (χ4v) is 4.86. The van der Waals surface area contributed by atoms with Crippen molar-refractivity contribution in [3.05, 3.63) is 72.1 Å². The van der Waals surface area contributed by atoms with Gasteiger partial charge in [0.1, 0.15) is 5.65 Å². The van der Waals surface area contributed by atoms with Crippen LogP contribution in [-0.2, 0) is 0 Å². The van der Waals surface area contributed by atoms with Gasteiger partial charge < -0.3 is 20.1 Å². The van der Waals surface area contributed by atoms with Gasteiger partial charge in [-0.3, -0.25) is 4.79 Å². The molecule has 1 atom stereocenters. The molecule has 3 heterocycles. The molecule has 4 aromatic rings. The summed E-state index contributed by atoms with van der Waals surface area (Å²) in [5, 5.41) is 4.47. The molecule has 34 heavy (non-hydrogen) atoms. The largest absolute Gasteiger partial charge is 0.370 e. The van der Waals surface area contributed by atoms with Crippen LogP contribution >= 0.6 is 0 Å². The van der Waals surface area contributed by atoms with Crippen LogP contribution in [0.4, 0.5) is 5.69 Å². The molecule has 1 aliphatic rings. The van der Waals surface area contributed by atoms with E-state index < -0.39 is 0 Å². The number of likely N-dealkylation sites (N-methyl/N-ethyl adjacent to an activating group) is 1. The number of rotatable bonds is 5. The van der Waals surface area contributed by atoms with Gasteiger partial charge in [-0.2, -0.15) is 0 Å². The van der Waals surface area contributed by atoms with Crippen LogP contribution in [0, 0.1) is 6.92 Å². The van der Waals surface area contributed by atoms with E-state index in [0.29, 0.717) is 11.6 Å². The second-order valence-electron chi connectivity index (χ2n) is 9.32. The number of amides is 1. The van der Waals surface area contributed by atoms with E-state index in [1.54, 1.807) is 19.0 Å². The first-order valence-electron chi connectivity index (χ1n) is 11.8. The molecule has 0 unspecified atom stereocenters. The zero-order valence-corrected chi connectivity index (χ0v) is 20.2. The monoisotopic (exact) mass is 453 g/mol. The van der Waals surface area contributed by atoms with Crippen molar-refractivity contribution >= 4 is 22.6 Å². The molecule has 1 aliphatic heterocycles. The van der Waals surface area contributed by atoms with Crippen LogP contribution in [-0.4, -0.2) is 61.0 Å². The van der Waals surface area contributed by atoms with Crippen LogP contribution in [0.3, 0.4) is 0 Å². The van der Waals surface area contributed by atoms with Crippen LogP contribution < -0.4 is 10.2 Å². The van der Waals surface area contributed by atoms with Crippen molar-refractivity contribution in [2.45, 2.75) is 19.4 Å². The summed E-state index contributed by atoms with van der Waals surface area (Å²) in [6, 6.07) is 17.2. The second kappa shape index (κ2) is 8.95. The van der Waals surface area contributed by atoms with E-state index >= 15 is 0 Å². The van der Waals surface area contributed by atoms with Crippen LogP contribution in [0.15, 0.2) is 60.9 Å². The summed E-state index contributed by atoms with van der Waals surface area (Å²) < 4.78 is 0. The van der Waals surface area contributed by atoms with Crippen molar-refractivity contribution in [3.8, 4) is 22.3 Å². The third kappa shape index (κ3) is 4.05. The highest BCUT2D eigenvalue weighted by molar-refractivity contribution is 5.98. The number of fused-ring (bicyclic) bond motifs is 1. The third-order valence-corrected chi connectivity index (χ3v) is 6.85. The lowest BCUT2D eigenvalue weighted by Gasteiger charge is -2.21. The van der Waals surface area contributed by atoms with Crippen molar-refractivity contribution in [2.24, 2.45) is 0 Å². The predicted molar refractivity (Wildman–Crippen MR) is 139 cm³/mol. The first kappa shape index (κ1) is 22.2. The number of carbonyl (C=O) groups is 1. The summed E-state index contributed by atoms with van der Waals surface area (Å²) in [6.45, 7) is 4.33. The smallest absolute Gasteiger partial charge is 0.253 e. The van der Waals surface area contributed by atoms with Crippen molar-refractivity contribution in [3.63, 3.8) is 0 Å². The topological polar surface area (TPSA) is 64.3 Å². The van der Waals surface area contributed by atoms with E-state index in [9.17, 15) is 4.79 Å². The van der Waals surface area contributed by atoms with Crippen molar-refractivity contribution in [1.29, 1.82) is 0 Å². The van der Waals surface area contributed by atoms with Gasteiger partial charge in [-0.25, -0.2) is 4.98 Å². The number of anilines is 1. The highest BCUT2D eigenvalue weighted by Gasteiger charge is 2.22. The van der Waals surface area contributed by atoms with Gasteiger partial charge in [0.2, 0.25) is 0 Å². The van der Waals surface area contributed by atoms with Gasteiger partial charge in [-0.05, 0) is 67.4 Å². The van der Waals surface area contributed by atoms with Gasteiger partial charge in [0, 0.05) is 73.4 Å². The molecule has 5 rings (SSSR count). The summed E-state index contributed by atoms with van der Waals surface area (Å²) in [7, 11) is 5.57. The lowest BCUT2D eigenvalue weighted by molar-refractivity contribution is 0.0827. The van der Waals surface area contributed by atoms with Crippen LogP contribution in [0.1, 0.15) is 22.3 Å². The zero-order valence-electron chi connectivity index (χ0n) is 20.2. The number of aromatic amines is 1. The fourth-order valence-electron chi connectivity index (χ4n) is 4.86. The van der Waals surface area contributed by atoms with Gasteiger partial charge in [0.05, 0.1) is 0 Å². The Balaban J connectivity index is 1.45. The lowest BCUT2D eigenvalue weighted by Crippen LogP contribution is -2.29. The molecular formula is C28H31N5O. The SMILES string of the molecule is CN[C@H]1CCN(c2ccc(-c3cnc4[nH]cc(-c5ccc(C(=O)N(C)C)cc5)c4c3)cc2C)C1. The van der Waals surface area contributed by atoms with Gasteiger partial charge in [0.25, 0.3) is 5.91 Å². The maximum absolute atomic E-state index is 12.2. The van der Waals surface area contributed by atoms with Crippen LogP contribution in [0.5, 0.6) is 0 Å². The predicted octanol–water partition coefficient (Wildman–Crippen LogP) is 4.71. The first-order chi connectivity index (χ1) is 16.4. The number of H-pyrrole nitrogens is 1. The fraction of sp³-hybridized carbons (Fsp3) is 0.286. The Bertz CT molecular complexity index is 1340. The number of hydrogen-bond donors (Lipinski definition) is 2. The number of nitrogens with zero attached hydrogens (tertiary/aromatic N) is 3. The number of hydrogen-bond acceptors (Lipinski definition) is 4. The molecule has 2 aromatic heterocycles. The Morgan fingerprint density at radius 3 is 2.53 bits per heavy atom. The molecule has 0 radical (unpaired) electrons. The maximum Gasteiger partial charge on any atom is 0.253 e. The average molecular weight is 454 g/mol. The molecule has 0 saturated carbocycles. The summed E-state index contributed by atoms with van der Waals surface area (Å²) in [5.41, 5.74) is 8.53. The molecular weight excluding hydrogens is 422 g/mol. The Labute approximate surface area is 200 Å². The van der Waals surface area contributed by atoms with Gasteiger partial charge in [-0.1, -0.05) is 18.2 Å². The van der Waals surface area contributed by atoms with Gasteiger partial charge in [-0.15, -0.1) is 0 Å². The van der Waals surface area contributed by atoms with E-state index in [4.69, 9.17) is 0 Å². The number of aryl methyl sites for hydroxylation is 1. The molecule has 0 aliphatic carbocycles.